The van der Waals surface area contributed by atoms with Crippen LogP contribution in [0.3, 0.4) is 0 Å². The number of carbonyl (C=O) groups is 3. The van der Waals surface area contributed by atoms with E-state index in [4.69, 9.17) is 14.9 Å². The molecule has 8 heteroatoms. The number of likely N-dealkylation sites (tertiary alicyclic amines) is 1. The fourth-order valence-corrected chi connectivity index (χ4v) is 3.36. The van der Waals surface area contributed by atoms with Gasteiger partial charge in [0, 0.05) is 32.7 Å². The van der Waals surface area contributed by atoms with E-state index in [9.17, 15) is 14.4 Å². The number of carbonyl (C=O) groups excluding carboxylic acids is 3. The number of nitrogens with zero attached hydrogens (tertiary/aromatic N) is 1. The summed E-state index contributed by atoms with van der Waals surface area (Å²) in [5, 5.41) is 2.82. The standard InChI is InChI=1S/C17H23N3O5/c18-16(23)17(3-6-24-7-4-17)11-19-15(22)12-8-14(21)20(9-12)10-13-2-1-5-25-13/h1-2,5,12H,3-4,6-11H2,(H2,18,23)(H,19,22). The molecule has 2 fully saturated rings. The molecule has 2 aliphatic rings. The first kappa shape index (κ1) is 17.5. The second-order valence-corrected chi connectivity index (χ2v) is 6.73. The van der Waals surface area contributed by atoms with Gasteiger partial charge >= 0.3 is 0 Å². The molecular weight excluding hydrogens is 326 g/mol. The normalized spacial score (nSPS) is 22.8. The zero-order chi connectivity index (χ0) is 17.9. The van der Waals surface area contributed by atoms with Gasteiger partial charge in [0.05, 0.1) is 24.1 Å². The lowest BCUT2D eigenvalue weighted by molar-refractivity contribution is -0.135. The van der Waals surface area contributed by atoms with Crippen LogP contribution >= 0.6 is 0 Å². The Morgan fingerprint density at radius 1 is 1.36 bits per heavy atom. The molecule has 1 aromatic heterocycles. The summed E-state index contributed by atoms with van der Waals surface area (Å²) in [5.41, 5.74) is 4.78. The number of hydrogen-bond acceptors (Lipinski definition) is 5. The molecule has 0 aliphatic carbocycles. The summed E-state index contributed by atoms with van der Waals surface area (Å²) in [5.74, 6) is -0.454. The quantitative estimate of drug-likeness (QED) is 0.752. The molecule has 0 aromatic carbocycles. The molecule has 0 bridgehead atoms. The maximum Gasteiger partial charge on any atom is 0.225 e. The maximum atomic E-state index is 12.4. The van der Waals surface area contributed by atoms with Crippen LogP contribution in [0.1, 0.15) is 25.0 Å². The van der Waals surface area contributed by atoms with Crippen LogP contribution in [-0.2, 0) is 25.7 Å². The third-order valence-electron chi connectivity index (χ3n) is 5.09. The first-order valence-corrected chi connectivity index (χ1v) is 8.46. The first-order valence-electron chi connectivity index (χ1n) is 8.46. The minimum atomic E-state index is -0.760. The smallest absolute Gasteiger partial charge is 0.225 e. The molecule has 2 aliphatic heterocycles. The lowest BCUT2D eigenvalue weighted by Crippen LogP contribution is -2.50. The third-order valence-corrected chi connectivity index (χ3v) is 5.09. The third kappa shape index (κ3) is 3.84. The number of amides is 3. The summed E-state index contributed by atoms with van der Waals surface area (Å²) in [6, 6.07) is 3.56. The molecule has 3 rings (SSSR count). The highest BCUT2D eigenvalue weighted by molar-refractivity contribution is 5.89. The summed E-state index contributed by atoms with van der Waals surface area (Å²) >= 11 is 0. The molecule has 1 unspecified atom stereocenters. The Labute approximate surface area is 145 Å². The van der Waals surface area contributed by atoms with Gasteiger partial charge in [-0.15, -0.1) is 0 Å². The van der Waals surface area contributed by atoms with E-state index in [1.807, 2.05) is 0 Å². The van der Waals surface area contributed by atoms with Crippen LogP contribution in [0.15, 0.2) is 22.8 Å². The van der Waals surface area contributed by atoms with E-state index >= 15 is 0 Å². The fourth-order valence-electron chi connectivity index (χ4n) is 3.36. The Hall–Kier alpha value is -2.35. The van der Waals surface area contributed by atoms with E-state index in [-0.39, 0.29) is 24.8 Å². The van der Waals surface area contributed by atoms with Gasteiger partial charge in [-0.1, -0.05) is 0 Å². The fraction of sp³-hybridized carbons (Fsp3) is 0.588. The Bertz CT molecular complexity index is 637. The molecule has 3 heterocycles. The zero-order valence-electron chi connectivity index (χ0n) is 14.0. The van der Waals surface area contributed by atoms with Gasteiger partial charge in [-0.3, -0.25) is 14.4 Å². The molecule has 25 heavy (non-hydrogen) atoms. The van der Waals surface area contributed by atoms with Crippen LogP contribution in [-0.4, -0.2) is 48.9 Å². The van der Waals surface area contributed by atoms with Crippen LogP contribution in [0.25, 0.3) is 0 Å². The molecule has 1 aromatic rings. The molecule has 136 valence electrons. The van der Waals surface area contributed by atoms with Crippen molar-refractivity contribution in [2.24, 2.45) is 17.1 Å². The van der Waals surface area contributed by atoms with Crippen molar-refractivity contribution in [3.05, 3.63) is 24.2 Å². The second-order valence-electron chi connectivity index (χ2n) is 6.73. The predicted molar refractivity (Wildman–Crippen MR) is 86.9 cm³/mol. The van der Waals surface area contributed by atoms with Crippen molar-refractivity contribution in [1.29, 1.82) is 0 Å². The first-order chi connectivity index (χ1) is 12.0. The van der Waals surface area contributed by atoms with E-state index in [1.165, 1.54) is 0 Å². The van der Waals surface area contributed by atoms with Crippen LogP contribution < -0.4 is 11.1 Å². The average molecular weight is 349 g/mol. The minimum absolute atomic E-state index is 0.0766. The molecular formula is C17H23N3O5. The van der Waals surface area contributed by atoms with Crippen molar-refractivity contribution in [2.45, 2.75) is 25.8 Å². The summed E-state index contributed by atoms with van der Waals surface area (Å²) in [6.45, 7) is 1.80. The number of nitrogens with two attached hydrogens (primary N) is 1. The zero-order valence-corrected chi connectivity index (χ0v) is 14.0. The van der Waals surface area contributed by atoms with Gasteiger partial charge in [0.1, 0.15) is 5.76 Å². The highest BCUT2D eigenvalue weighted by atomic mass is 16.5. The van der Waals surface area contributed by atoms with Crippen LogP contribution in [0.5, 0.6) is 0 Å². The van der Waals surface area contributed by atoms with E-state index in [0.29, 0.717) is 44.9 Å². The predicted octanol–water partition coefficient (Wildman–Crippen LogP) is 0.0264. The minimum Gasteiger partial charge on any atom is -0.467 e. The molecule has 3 N–H and O–H groups in total. The van der Waals surface area contributed by atoms with Crippen LogP contribution in [0, 0.1) is 11.3 Å². The van der Waals surface area contributed by atoms with Gasteiger partial charge in [-0.2, -0.15) is 0 Å². The van der Waals surface area contributed by atoms with Gasteiger partial charge in [0.25, 0.3) is 0 Å². The van der Waals surface area contributed by atoms with E-state index in [2.05, 4.69) is 5.32 Å². The van der Waals surface area contributed by atoms with Crippen molar-refractivity contribution in [2.75, 3.05) is 26.3 Å². The SMILES string of the molecule is NC(=O)C1(CNC(=O)C2CC(=O)N(Cc3ccco3)C2)CCOCC1. The summed E-state index contributed by atoms with van der Waals surface area (Å²) < 4.78 is 10.5. The molecule has 0 radical (unpaired) electrons. The summed E-state index contributed by atoms with van der Waals surface area (Å²) in [4.78, 5) is 38.0. The molecule has 1 atom stereocenters. The Morgan fingerprint density at radius 3 is 2.76 bits per heavy atom. The van der Waals surface area contributed by atoms with E-state index in [0.717, 1.165) is 0 Å². The molecule has 0 spiro atoms. The highest BCUT2D eigenvalue weighted by Crippen LogP contribution is 2.30. The maximum absolute atomic E-state index is 12.4. The molecule has 8 nitrogen and oxygen atoms in total. The Balaban J connectivity index is 1.54. The Kier molecular flexibility index (Phi) is 5.08. The van der Waals surface area contributed by atoms with Gasteiger partial charge in [-0.05, 0) is 25.0 Å². The molecule has 0 saturated carbocycles. The van der Waals surface area contributed by atoms with Gasteiger partial charge < -0.3 is 25.1 Å². The largest absolute Gasteiger partial charge is 0.467 e. The number of ether oxygens (including phenoxy) is 1. The van der Waals surface area contributed by atoms with Gasteiger partial charge in [0.15, 0.2) is 0 Å². The number of hydrogen-bond donors (Lipinski definition) is 2. The number of furan rings is 1. The van der Waals surface area contributed by atoms with Crippen molar-refractivity contribution in [1.82, 2.24) is 10.2 Å². The van der Waals surface area contributed by atoms with Crippen molar-refractivity contribution < 1.29 is 23.5 Å². The van der Waals surface area contributed by atoms with Gasteiger partial charge in [-0.25, -0.2) is 0 Å². The number of rotatable bonds is 6. The lowest BCUT2D eigenvalue weighted by Gasteiger charge is -2.34. The number of nitrogens with one attached hydrogen (secondary N) is 1. The van der Waals surface area contributed by atoms with Crippen molar-refractivity contribution in [3.63, 3.8) is 0 Å². The number of primary amides is 1. The summed E-state index contributed by atoms with van der Waals surface area (Å²) in [6.07, 6.45) is 2.71. The van der Waals surface area contributed by atoms with Crippen molar-refractivity contribution in [3.8, 4) is 0 Å². The van der Waals surface area contributed by atoms with Gasteiger partial charge in [0.2, 0.25) is 17.7 Å². The molecule has 2 saturated heterocycles. The Morgan fingerprint density at radius 2 is 2.12 bits per heavy atom. The summed E-state index contributed by atoms with van der Waals surface area (Å²) in [7, 11) is 0. The second kappa shape index (κ2) is 7.26. The topological polar surface area (TPSA) is 115 Å². The van der Waals surface area contributed by atoms with Crippen LogP contribution in [0.2, 0.25) is 0 Å². The van der Waals surface area contributed by atoms with Crippen LogP contribution in [0.4, 0.5) is 0 Å². The monoisotopic (exact) mass is 349 g/mol. The lowest BCUT2D eigenvalue weighted by atomic mass is 9.79. The van der Waals surface area contributed by atoms with E-state index in [1.54, 1.807) is 23.3 Å². The van der Waals surface area contributed by atoms with Crippen molar-refractivity contribution >= 4 is 17.7 Å². The average Bonchev–Trinajstić information content (AvgIpc) is 3.24. The molecule has 3 amide bonds. The highest BCUT2D eigenvalue weighted by Gasteiger charge is 2.40. The van der Waals surface area contributed by atoms with E-state index < -0.39 is 17.2 Å².